The minimum Gasteiger partial charge on any atom is -0.309 e. The molecule has 4 nitrogen and oxygen atoms in total. The second-order valence-electron chi connectivity index (χ2n) is 9.17. The van der Waals surface area contributed by atoms with Crippen LogP contribution >= 0.6 is 0 Å². The quantitative estimate of drug-likeness (QED) is 0.551. The summed E-state index contributed by atoms with van der Waals surface area (Å²) in [6.45, 7) is 8.46. The lowest BCUT2D eigenvalue weighted by Crippen LogP contribution is -2.50. The molecule has 1 spiro atoms. The summed E-state index contributed by atoms with van der Waals surface area (Å²) >= 11 is 0. The lowest BCUT2D eigenvalue weighted by atomic mass is 9.58. The van der Waals surface area contributed by atoms with Gasteiger partial charge in [-0.2, -0.15) is 0 Å². The van der Waals surface area contributed by atoms with Crippen LogP contribution in [0.2, 0.25) is 0 Å². The highest BCUT2D eigenvalue weighted by Gasteiger charge is 2.55. The number of hydrogen-bond donors (Lipinski definition) is 0. The number of unbranched alkanes of at least 4 members (excludes halogenated alkanes) is 2. The van der Waals surface area contributed by atoms with Crippen molar-refractivity contribution >= 4 is 11.6 Å². The van der Waals surface area contributed by atoms with Crippen LogP contribution in [-0.2, 0) is 9.59 Å². The zero-order valence-electron chi connectivity index (χ0n) is 17.6. The molecule has 0 aromatic rings. The predicted octanol–water partition coefficient (Wildman–Crippen LogP) is 3.93. The summed E-state index contributed by atoms with van der Waals surface area (Å²) < 4.78 is 0. The van der Waals surface area contributed by atoms with Gasteiger partial charge in [0.15, 0.2) is 0 Å². The molecule has 2 rings (SSSR count). The first kappa shape index (κ1) is 21.6. The molecule has 4 heteroatoms. The van der Waals surface area contributed by atoms with Crippen LogP contribution in [0, 0.1) is 10.8 Å². The van der Waals surface area contributed by atoms with Crippen molar-refractivity contribution in [2.75, 3.05) is 40.3 Å². The van der Waals surface area contributed by atoms with Crippen molar-refractivity contribution in [3.8, 4) is 0 Å². The van der Waals surface area contributed by atoms with Gasteiger partial charge in [-0.25, -0.2) is 0 Å². The summed E-state index contributed by atoms with van der Waals surface area (Å²) in [5, 5.41) is 0. The summed E-state index contributed by atoms with van der Waals surface area (Å²) in [5.74, 6) is 0.539. The highest BCUT2D eigenvalue weighted by atomic mass is 16.2. The fraction of sp³-hybridized carbons (Fsp3) is 0.909. The van der Waals surface area contributed by atoms with E-state index in [4.69, 9.17) is 0 Å². The van der Waals surface area contributed by atoms with E-state index in [1.165, 1.54) is 0 Å². The molecule has 1 heterocycles. The smallest absolute Gasteiger partial charge is 0.147 e. The van der Waals surface area contributed by atoms with E-state index in [-0.39, 0.29) is 17.0 Å². The SMILES string of the molecule is CCCCC1(CCCC)C(=O)CC2(CCN(CCCN(C)C)C2)CC1=O. The molecule has 1 aliphatic heterocycles. The Hall–Kier alpha value is -0.740. The highest BCUT2D eigenvalue weighted by Crippen LogP contribution is 2.49. The average molecular weight is 365 g/mol. The van der Waals surface area contributed by atoms with Gasteiger partial charge in [-0.1, -0.05) is 39.5 Å². The van der Waals surface area contributed by atoms with Gasteiger partial charge in [-0.15, -0.1) is 0 Å². The monoisotopic (exact) mass is 364 g/mol. The maximum Gasteiger partial charge on any atom is 0.147 e. The Bertz CT molecular complexity index is 459. The molecule has 0 aromatic carbocycles. The van der Waals surface area contributed by atoms with Gasteiger partial charge < -0.3 is 9.80 Å². The molecule has 0 atom stereocenters. The molecule has 0 aromatic heterocycles. The number of carbonyl (C=O) groups excluding carboxylic acids is 2. The van der Waals surface area contributed by atoms with Gasteiger partial charge in [-0.05, 0) is 64.8 Å². The van der Waals surface area contributed by atoms with Gasteiger partial charge >= 0.3 is 0 Å². The third-order valence-electron chi connectivity index (χ3n) is 6.65. The van der Waals surface area contributed by atoms with Gasteiger partial charge in [0.05, 0.1) is 5.41 Å². The number of nitrogens with zero attached hydrogens (tertiary/aromatic N) is 2. The summed E-state index contributed by atoms with van der Waals surface area (Å²) in [5.41, 5.74) is -0.705. The average Bonchev–Trinajstić information content (AvgIpc) is 2.96. The molecule has 1 saturated carbocycles. The van der Waals surface area contributed by atoms with Crippen molar-refractivity contribution in [3.63, 3.8) is 0 Å². The van der Waals surface area contributed by atoms with E-state index >= 15 is 0 Å². The number of rotatable bonds is 10. The van der Waals surface area contributed by atoms with Crippen LogP contribution in [0.3, 0.4) is 0 Å². The molecule has 0 radical (unpaired) electrons. The Labute approximate surface area is 160 Å². The van der Waals surface area contributed by atoms with E-state index in [1.807, 2.05) is 0 Å². The van der Waals surface area contributed by atoms with Gasteiger partial charge in [0.2, 0.25) is 0 Å². The first-order valence-corrected chi connectivity index (χ1v) is 10.8. The molecular formula is C22H40N2O2. The maximum atomic E-state index is 13.3. The number of hydrogen-bond acceptors (Lipinski definition) is 4. The van der Waals surface area contributed by atoms with E-state index in [0.29, 0.717) is 12.8 Å². The van der Waals surface area contributed by atoms with Crippen molar-refractivity contribution in [3.05, 3.63) is 0 Å². The molecule has 2 aliphatic rings. The van der Waals surface area contributed by atoms with E-state index in [1.54, 1.807) is 0 Å². The molecule has 0 bridgehead atoms. The van der Waals surface area contributed by atoms with E-state index in [9.17, 15) is 9.59 Å². The van der Waals surface area contributed by atoms with Gasteiger partial charge in [0, 0.05) is 19.4 Å². The third kappa shape index (κ3) is 4.95. The molecule has 0 N–H and O–H groups in total. The molecule has 2 fully saturated rings. The van der Waals surface area contributed by atoms with Crippen LogP contribution in [-0.4, -0.2) is 61.6 Å². The third-order valence-corrected chi connectivity index (χ3v) is 6.65. The van der Waals surface area contributed by atoms with Crippen LogP contribution < -0.4 is 0 Å². The first-order chi connectivity index (χ1) is 12.4. The molecule has 26 heavy (non-hydrogen) atoms. The number of ketones is 2. The summed E-state index contributed by atoms with van der Waals surface area (Å²) in [7, 11) is 4.21. The standard InChI is InChI=1S/C22H40N2O2/c1-5-7-10-22(11-8-6-2)19(25)16-21(17-20(22)26)12-15-24(18-21)14-9-13-23(3)4/h5-18H2,1-4H3. The Morgan fingerprint density at radius 1 is 0.962 bits per heavy atom. The Morgan fingerprint density at radius 2 is 1.54 bits per heavy atom. The van der Waals surface area contributed by atoms with E-state index in [0.717, 1.165) is 77.5 Å². The van der Waals surface area contributed by atoms with Gasteiger partial charge in [-0.3, -0.25) is 9.59 Å². The van der Waals surface area contributed by atoms with Crippen molar-refractivity contribution in [1.29, 1.82) is 0 Å². The maximum absolute atomic E-state index is 13.3. The summed E-state index contributed by atoms with van der Waals surface area (Å²) in [6.07, 6.45) is 9.10. The molecule has 1 aliphatic carbocycles. The minimum atomic E-state index is -0.643. The van der Waals surface area contributed by atoms with Crippen LogP contribution in [0.1, 0.15) is 78.1 Å². The lowest BCUT2D eigenvalue weighted by molar-refractivity contribution is -0.150. The first-order valence-electron chi connectivity index (χ1n) is 10.8. The van der Waals surface area contributed by atoms with Crippen molar-refractivity contribution in [2.24, 2.45) is 10.8 Å². The van der Waals surface area contributed by atoms with Crippen LogP contribution in [0.5, 0.6) is 0 Å². The van der Waals surface area contributed by atoms with Gasteiger partial charge in [0.25, 0.3) is 0 Å². The fourth-order valence-corrected chi connectivity index (χ4v) is 5.00. The molecule has 1 saturated heterocycles. The van der Waals surface area contributed by atoms with Crippen LogP contribution in [0.15, 0.2) is 0 Å². The van der Waals surface area contributed by atoms with E-state index in [2.05, 4.69) is 37.7 Å². The van der Waals surface area contributed by atoms with Gasteiger partial charge in [0.1, 0.15) is 11.6 Å². The largest absolute Gasteiger partial charge is 0.309 e. The van der Waals surface area contributed by atoms with Crippen LogP contribution in [0.4, 0.5) is 0 Å². The fourth-order valence-electron chi connectivity index (χ4n) is 5.00. The summed E-state index contributed by atoms with van der Waals surface area (Å²) in [4.78, 5) is 31.2. The highest BCUT2D eigenvalue weighted by molar-refractivity contribution is 6.09. The molecule has 0 unspecified atom stereocenters. The molecule has 0 amide bonds. The lowest BCUT2D eigenvalue weighted by Gasteiger charge is -2.42. The van der Waals surface area contributed by atoms with E-state index < -0.39 is 5.41 Å². The van der Waals surface area contributed by atoms with Crippen molar-refractivity contribution < 1.29 is 9.59 Å². The van der Waals surface area contributed by atoms with Crippen molar-refractivity contribution in [1.82, 2.24) is 9.80 Å². The molecular weight excluding hydrogens is 324 g/mol. The van der Waals surface area contributed by atoms with Crippen LogP contribution in [0.25, 0.3) is 0 Å². The number of Topliss-reactive ketones (excluding diaryl/α,β-unsaturated/α-hetero) is 2. The zero-order chi connectivity index (χ0) is 19.2. The Balaban J connectivity index is 2.02. The predicted molar refractivity (Wildman–Crippen MR) is 107 cm³/mol. The van der Waals surface area contributed by atoms with Crippen molar-refractivity contribution in [2.45, 2.75) is 78.1 Å². The topological polar surface area (TPSA) is 40.6 Å². The minimum absolute atomic E-state index is 0.0613. The Kier molecular flexibility index (Phi) is 7.84. The second kappa shape index (κ2) is 9.45. The zero-order valence-corrected chi connectivity index (χ0v) is 17.6. The second-order valence-corrected chi connectivity index (χ2v) is 9.17. The summed E-state index contributed by atoms with van der Waals surface area (Å²) in [6, 6.07) is 0. The Morgan fingerprint density at radius 3 is 2.04 bits per heavy atom. The normalized spacial score (nSPS) is 22.7. The number of carbonyl (C=O) groups is 2. The number of likely N-dealkylation sites (tertiary alicyclic amines) is 1. The molecule has 150 valence electrons.